The van der Waals surface area contributed by atoms with Crippen molar-refractivity contribution in [3.8, 4) is 0 Å². The first-order valence-corrected chi connectivity index (χ1v) is 6.63. The van der Waals surface area contributed by atoms with E-state index in [2.05, 4.69) is 12.1 Å². The molecular formula is C14H18N2O3. The van der Waals surface area contributed by atoms with Crippen molar-refractivity contribution in [3.05, 3.63) is 35.4 Å². The highest BCUT2D eigenvalue weighted by Crippen LogP contribution is 2.28. The number of hydrogen-bond acceptors (Lipinski definition) is 4. The van der Waals surface area contributed by atoms with Crippen LogP contribution in [0.1, 0.15) is 17.2 Å². The Morgan fingerprint density at radius 2 is 2.21 bits per heavy atom. The Bertz CT molecular complexity index is 478. The van der Waals surface area contributed by atoms with Gasteiger partial charge < -0.3 is 20.1 Å². The highest BCUT2D eigenvalue weighted by atomic mass is 16.6. The van der Waals surface area contributed by atoms with Crippen molar-refractivity contribution >= 4 is 6.09 Å². The minimum absolute atomic E-state index is 0.0611. The second kappa shape index (κ2) is 5.19. The summed E-state index contributed by atoms with van der Waals surface area (Å²) in [4.78, 5) is 13.4. The fraction of sp³-hybridized carbons (Fsp3) is 0.500. The van der Waals surface area contributed by atoms with Gasteiger partial charge in [-0.25, -0.2) is 4.79 Å². The summed E-state index contributed by atoms with van der Waals surface area (Å²) in [5.74, 6) is 0. The van der Waals surface area contributed by atoms with Crippen LogP contribution in [-0.2, 0) is 15.9 Å². The number of rotatable bonds is 3. The van der Waals surface area contributed by atoms with Crippen molar-refractivity contribution in [1.29, 1.82) is 0 Å². The molecule has 2 heterocycles. The van der Waals surface area contributed by atoms with Crippen LogP contribution < -0.4 is 5.73 Å². The molecule has 102 valence electrons. The smallest absolute Gasteiger partial charge is 0.410 e. The molecule has 2 aliphatic rings. The number of benzene rings is 1. The van der Waals surface area contributed by atoms with E-state index in [1.807, 2.05) is 12.1 Å². The fourth-order valence-electron chi connectivity index (χ4n) is 2.67. The molecule has 0 spiro atoms. The van der Waals surface area contributed by atoms with Crippen LogP contribution in [0.3, 0.4) is 0 Å². The number of carbonyl (C=O) groups is 1. The molecule has 1 aromatic carbocycles. The van der Waals surface area contributed by atoms with Gasteiger partial charge in [0, 0.05) is 6.54 Å². The molecule has 1 saturated heterocycles. The number of ether oxygens (including phenoxy) is 2. The summed E-state index contributed by atoms with van der Waals surface area (Å²) in [5.41, 5.74) is 8.02. The lowest BCUT2D eigenvalue weighted by Crippen LogP contribution is -2.34. The number of fused-ring (bicyclic) bond motifs is 1. The fourth-order valence-corrected chi connectivity index (χ4v) is 2.67. The van der Waals surface area contributed by atoms with E-state index < -0.39 is 0 Å². The van der Waals surface area contributed by atoms with Gasteiger partial charge in [0.05, 0.1) is 19.7 Å². The molecule has 2 atom stereocenters. The number of amides is 1. The normalized spacial score (nSPS) is 26.2. The van der Waals surface area contributed by atoms with Crippen molar-refractivity contribution in [2.45, 2.75) is 18.6 Å². The Labute approximate surface area is 112 Å². The Morgan fingerprint density at radius 1 is 1.37 bits per heavy atom. The maximum absolute atomic E-state index is 11.7. The first-order valence-electron chi connectivity index (χ1n) is 6.63. The minimum atomic E-state index is -0.290. The van der Waals surface area contributed by atoms with E-state index in [4.69, 9.17) is 15.2 Å². The first-order chi connectivity index (χ1) is 9.28. The molecule has 0 saturated carbocycles. The lowest BCUT2D eigenvalue weighted by molar-refractivity contribution is 0.0249. The van der Waals surface area contributed by atoms with Gasteiger partial charge in [0.25, 0.3) is 0 Å². The van der Waals surface area contributed by atoms with Crippen molar-refractivity contribution in [1.82, 2.24) is 4.90 Å². The summed E-state index contributed by atoms with van der Waals surface area (Å²) in [6, 6.07) is 8.23. The monoisotopic (exact) mass is 262 g/mol. The third-order valence-corrected chi connectivity index (χ3v) is 3.69. The molecule has 2 aliphatic heterocycles. The van der Waals surface area contributed by atoms with Crippen LogP contribution in [0.15, 0.2) is 24.3 Å². The van der Waals surface area contributed by atoms with Crippen molar-refractivity contribution < 1.29 is 14.3 Å². The predicted octanol–water partition coefficient (Wildman–Crippen LogP) is 1.08. The van der Waals surface area contributed by atoms with Crippen molar-refractivity contribution in [3.63, 3.8) is 0 Å². The van der Waals surface area contributed by atoms with Crippen LogP contribution >= 0.6 is 0 Å². The topological polar surface area (TPSA) is 64.8 Å². The van der Waals surface area contributed by atoms with Crippen LogP contribution in [0.5, 0.6) is 0 Å². The minimum Gasteiger partial charge on any atom is -0.443 e. The van der Waals surface area contributed by atoms with Gasteiger partial charge in [0.2, 0.25) is 0 Å². The predicted molar refractivity (Wildman–Crippen MR) is 69.7 cm³/mol. The molecule has 5 heteroatoms. The summed E-state index contributed by atoms with van der Waals surface area (Å²) in [7, 11) is 0. The van der Waals surface area contributed by atoms with Gasteiger partial charge in [0.15, 0.2) is 0 Å². The van der Waals surface area contributed by atoms with Crippen LogP contribution in [0, 0.1) is 0 Å². The molecule has 19 heavy (non-hydrogen) atoms. The number of cyclic esters (lactones) is 1. The molecule has 0 radical (unpaired) electrons. The van der Waals surface area contributed by atoms with Crippen LogP contribution in [-0.4, -0.2) is 43.3 Å². The van der Waals surface area contributed by atoms with Gasteiger partial charge in [0.1, 0.15) is 12.2 Å². The van der Waals surface area contributed by atoms with Gasteiger partial charge in [-0.15, -0.1) is 0 Å². The third kappa shape index (κ3) is 2.43. The van der Waals surface area contributed by atoms with E-state index in [9.17, 15) is 4.79 Å². The number of nitrogens with zero attached hydrogens (tertiary/aromatic N) is 1. The van der Waals surface area contributed by atoms with Crippen molar-refractivity contribution in [2.75, 3.05) is 26.2 Å². The van der Waals surface area contributed by atoms with E-state index in [0.717, 1.165) is 6.42 Å². The highest BCUT2D eigenvalue weighted by molar-refractivity contribution is 5.70. The summed E-state index contributed by atoms with van der Waals surface area (Å²) in [5, 5.41) is 0. The Hall–Kier alpha value is -1.59. The second-order valence-corrected chi connectivity index (χ2v) is 4.95. The third-order valence-electron chi connectivity index (χ3n) is 3.69. The van der Waals surface area contributed by atoms with E-state index in [1.54, 1.807) is 4.90 Å². The highest BCUT2D eigenvalue weighted by Gasteiger charge is 2.33. The SMILES string of the molecule is NCC1CN(CC2OCCc3ccccc32)C(=O)O1. The van der Waals surface area contributed by atoms with Gasteiger partial charge in [-0.05, 0) is 17.5 Å². The Kier molecular flexibility index (Phi) is 3.40. The zero-order valence-corrected chi connectivity index (χ0v) is 10.7. The molecular weight excluding hydrogens is 244 g/mol. The summed E-state index contributed by atoms with van der Waals surface area (Å²) in [6.45, 7) is 2.15. The standard InChI is InChI=1S/C14H18N2O3/c15-7-11-8-16(14(17)19-11)9-13-12-4-2-1-3-10(12)5-6-18-13/h1-4,11,13H,5-9,15H2. The molecule has 2 N–H and O–H groups in total. The lowest BCUT2D eigenvalue weighted by atomic mass is 9.97. The quantitative estimate of drug-likeness (QED) is 0.885. The molecule has 1 amide bonds. The lowest BCUT2D eigenvalue weighted by Gasteiger charge is -2.28. The molecule has 0 bridgehead atoms. The number of nitrogens with two attached hydrogens (primary N) is 1. The van der Waals surface area contributed by atoms with Crippen LogP contribution in [0.2, 0.25) is 0 Å². The summed E-state index contributed by atoms with van der Waals surface area (Å²) < 4.78 is 11.0. The second-order valence-electron chi connectivity index (χ2n) is 4.95. The van der Waals surface area contributed by atoms with E-state index in [-0.39, 0.29) is 18.3 Å². The average Bonchev–Trinajstić information content (AvgIpc) is 2.80. The van der Waals surface area contributed by atoms with Gasteiger partial charge >= 0.3 is 6.09 Å². The molecule has 2 unspecified atom stereocenters. The van der Waals surface area contributed by atoms with Crippen LogP contribution in [0.25, 0.3) is 0 Å². The van der Waals surface area contributed by atoms with Gasteiger partial charge in [-0.1, -0.05) is 24.3 Å². The maximum atomic E-state index is 11.7. The zero-order chi connectivity index (χ0) is 13.2. The van der Waals surface area contributed by atoms with Crippen molar-refractivity contribution in [2.24, 2.45) is 5.73 Å². The van der Waals surface area contributed by atoms with Gasteiger partial charge in [-0.3, -0.25) is 0 Å². The van der Waals surface area contributed by atoms with Crippen LogP contribution in [0.4, 0.5) is 4.79 Å². The Balaban J connectivity index is 1.73. The number of hydrogen-bond donors (Lipinski definition) is 1. The largest absolute Gasteiger partial charge is 0.443 e. The summed E-state index contributed by atoms with van der Waals surface area (Å²) >= 11 is 0. The Morgan fingerprint density at radius 3 is 3.00 bits per heavy atom. The first kappa shape index (κ1) is 12.4. The molecule has 5 nitrogen and oxygen atoms in total. The molecule has 1 aromatic rings. The van der Waals surface area contributed by atoms with E-state index in [0.29, 0.717) is 26.2 Å². The van der Waals surface area contributed by atoms with Gasteiger partial charge in [-0.2, -0.15) is 0 Å². The zero-order valence-electron chi connectivity index (χ0n) is 10.7. The van der Waals surface area contributed by atoms with E-state index >= 15 is 0 Å². The molecule has 0 aliphatic carbocycles. The summed E-state index contributed by atoms with van der Waals surface area (Å²) in [6.07, 6.45) is 0.394. The number of carbonyl (C=O) groups excluding carboxylic acids is 1. The molecule has 0 aromatic heterocycles. The van der Waals surface area contributed by atoms with E-state index in [1.165, 1.54) is 11.1 Å². The maximum Gasteiger partial charge on any atom is 0.410 e. The average molecular weight is 262 g/mol. The molecule has 3 rings (SSSR count). The molecule has 1 fully saturated rings.